The molecule has 0 heterocycles. The van der Waals surface area contributed by atoms with Gasteiger partial charge < -0.3 is 0 Å². The van der Waals surface area contributed by atoms with Crippen LogP contribution in [-0.2, 0) is 24.8 Å². The van der Waals surface area contributed by atoms with Crippen LogP contribution in [0.25, 0.3) is 5.57 Å². The van der Waals surface area contributed by atoms with Crippen LogP contribution in [0.1, 0.15) is 12.5 Å². The highest BCUT2D eigenvalue weighted by molar-refractivity contribution is 8.09. The van der Waals surface area contributed by atoms with Gasteiger partial charge in [-0.3, -0.25) is 0 Å². The van der Waals surface area contributed by atoms with Gasteiger partial charge in [0.05, 0.1) is 18.2 Å². The molecule has 0 atom stereocenters. The summed E-state index contributed by atoms with van der Waals surface area (Å²) in [4.78, 5) is 10.5. The summed E-state index contributed by atoms with van der Waals surface area (Å²) in [6.07, 6.45) is 1.61. The van der Waals surface area contributed by atoms with E-state index in [0.717, 1.165) is 12.5 Å². The zero-order valence-electron chi connectivity index (χ0n) is 10.6. The Morgan fingerprint density at radius 2 is 1.42 bits per heavy atom. The van der Waals surface area contributed by atoms with E-state index in [4.69, 9.17) is 0 Å². The normalized spacial score (nSPS) is 11.7. The summed E-state index contributed by atoms with van der Waals surface area (Å²) in [5, 5.41) is 0. The van der Waals surface area contributed by atoms with E-state index in [9.17, 15) is 21.6 Å². The van der Waals surface area contributed by atoms with Gasteiger partial charge >= 0.3 is 0 Å². The van der Waals surface area contributed by atoms with Crippen molar-refractivity contribution in [2.45, 2.75) is 6.92 Å². The third-order valence-electron chi connectivity index (χ3n) is 2.27. The quantitative estimate of drug-likeness (QED) is 0.762. The average Bonchev–Trinajstić information content (AvgIpc) is 2.25. The molecule has 0 saturated heterocycles. The Bertz CT molecular complexity index is 694. The Morgan fingerprint density at radius 3 is 1.74 bits per heavy atom. The molecule has 1 aromatic carbocycles. The molecule has 0 aliphatic carbocycles. The Kier molecular flexibility index (Phi) is 4.19. The molecular weight excluding hydrogens is 290 g/mol. The van der Waals surface area contributed by atoms with Gasteiger partial charge in [0.2, 0.25) is 20.0 Å². The molecule has 0 amide bonds. The number of benzene rings is 1. The van der Waals surface area contributed by atoms with E-state index in [1.54, 1.807) is 12.9 Å². The van der Waals surface area contributed by atoms with Crippen LogP contribution in [-0.4, -0.2) is 35.3 Å². The molecule has 0 N–H and O–H groups in total. The summed E-state index contributed by atoms with van der Waals surface area (Å²) in [5.41, 5.74) is 0.880. The lowest BCUT2D eigenvalue weighted by atomic mass is 10.1. The molecule has 0 bridgehead atoms. The second-order valence-electron chi connectivity index (χ2n) is 4.00. The van der Waals surface area contributed by atoms with Crippen molar-refractivity contribution in [3.63, 3.8) is 0 Å². The molecule has 0 aliphatic rings. The number of carbonyl (C=O) groups excluding carboxylic acids is 1. The monoisotopic (exact) mass is 303 g/mol. The SMILES string of the molecule is CC(=C=O)c1ccc(N(S(C)(=O)=O)S(C)(=O)=O)cc1. The summed E-state index contributed by atoms with van der Waals surface area (Å²) in [7, 11) is -7.91. The smallest absolute Gasteiger partial charge is 0.233 e. The van der Waals surface area contributed by atoms with Crippen LogP contribution in [0.2, 0.25) is 0 Å². The molecule has 8 heteroatoms. The van der Waals surface area contributed by atoms with Gasteiger partial charge in [0, 0.05) is 5.57 Å². The first-order valence-electron chi connectivity index (χ1n) is 5.10. The van der Waals surface area contributed by atoms with Crippen molar-refractivity contribution in [1.82, 2.24) is 0 Å². The lowest BCUT2D eigenvalue weighted by Crippen LogP contribution is -2.35. The van der Waals surface area contributed by atoms with E-state index in [1.807, 2.05) is 0 Å². The van der Waals surface area contributed by atoms with Crippen molar-refractivity contribution in [3.05, 3.63) is 29.8 Å². The highest BCUT2D eigenvalue weighted by atomic mass is 32.3. The predicted molar refractivity (Wildman–Crippen MR) is 73.4 cm³/mol. The molecule has 1 rings (SSSR count). The molecule has 0 aromatic heterocycles. The molecule has 0 spiro atoms. The molecule has 104 valence electrons. The maximum atomic E-state index is 11.5. The first-order chi connectivity index (χ1) is 8.57. The Balaban J connectivity index is 3.40. The summed E-state index contributed by atoms with van der Waals surface area (Å²) in [6.45, 7) is 1.55. The zero-order chi connectivity index (χ0) is 14.8. The third kappa shape index (κ3) is 3.66. The molecular formula is C11H13NO5S2. The number of hydrogen-bond acceptors (Lipinski definition) is 5. The van der Waals surface area contributed by atoms with Gasteiger partial charge in [-0.05, 0) is 24.6 Å². The molecule has 0 radical (unpaired) electrons. The maximum Gasteiger partial charge on any atom is 0.245 e. The van der Waals surface area contributed by atoms with Crippen LogP contribution in [0.4, 0.5) is 5.69 Å². The summed E-state index contributed by atoms with van der Waals surface area (Å²) < 4.78 is 46.5. The van der Waals surface area contributed by atoms with Gasteiger partial charge in [0.1, 0.15) is 5.94 Å². The zero-order valence-corrected chi connectivity index (χ0v) is 12.2. The minimum atomic E-state index is -3.95. The summed E-state index contributed by atoms with van der Waals surface area (Å²) >= 11 is 0. The number of allylic oxidation sites excluding steroid dienone is 1. The molecule has 0 saturated carbocycles. The number of sulfonamides is 2. The van der Waals surface area contributed by atoms with Crippen LogP contribution >= 0.6 is 0 Å². The van der Waals surface area contributed by atoms with Gasteiger partial charge in [-0.25, -0.2) is 21.6 Å². The molecule has 0 aliphatic heterocycles. The van der Waals surface area contributed by atoms with Gasteiger partial charge in [-0.15, -0.1) is 0 Å². The Hall–Kier alpha value is -1.63. The Labute approximate surface area is 112 Å². The van der Waals surface area contributed by atoms with Gasteiger partial charge in [-0.2, -0.15) is 3.71 Å². The van der Waals surface area contributed by atoms with Crippen molar-refractivity contribution in [3.8, 4) is 0 Å². The fourth-order valence-corrected chi connectivity index (χ4v) is 4.50. The summed E-state index contributed by atoms with van der Waals surface area (Å²) in [5.74, 6) is 1.71. The van der Waals surface area contributed by atoms with Crippen molar-refractivity contribution < 1.29 is 21.6 Å². The van der Waals surface area contributed by atoms with E-state index in [0.29, 0.717) is 14.8 Å². The minimum Gasteiger partial charge on any atom is -0.233 e. The van der Waals surface area contributed by atoms with Crippen LogP contribution in [0.3, 0.4) is 0 Å². The Morgan fingerprint density at radius 1 is 1.00 bits per heavy atom. The van der Waals surface area contributed by atoms with Crippen molar-refractivity contribution in [2.75, 3.05) is 16.2 Å². The number of hydrogen-bond donors (Lipinski definition) is 0. The fourth-order valence-electron chi connectivity index (χ4n) is 1.52. The molecule has 0 unspecified atom stereocenters. The highest BCUT2D eigenvalue weighted by Crippen LogP contribution is 2.23. The van der Waals surface area contributed by atoms with Crippen molar-refractivity contribution in [1.29, 1.82) is 0 Å². The molecule has 0 fully saturated rings. The van der Waals surface area contributed by atoms with E-state index < -0.39 is 20.0 Å². The van der Waals surface area contributed by atoms with Crippen molar-refractivity contribution >= 4 is 37.2 Å². The van der Waals surface area contributed by atoms with Crippen LogP contribution in [0.5, 0.6) is 0 Å². The van der Waals surface area contributed by atoms with Gasteiger partial charge in [0.15, 0.2) is 0 Å². The van der Waals surface area contributed by atoms with Crippen LogP contribution < -0.4 is 3.71 Å². The van der Waals surface area contributed by atoms with Crippen LogP contribution in [0.15, 0.2) is 24.3 Å². The summed E-state index contributed by atoms with van der Waals surface area (Å²) in [6, 6.07) is 5.55. The van der Waals surface area contributed by atoms with Crippen molar-refractivity contribution in [2.24, 2.45) is 0 Å². The van der Waals surface area contributed by atoms with E-state index in [2.05, 4.69) is 0 Å². The van der Waals surface area contributed by atoms with Crippen LogP contribution in [0, 0.1) is 0 Å². The lowest BCUT2D eigenvalue weighted by molar-refractivity contribution is 0.569. The second-order valence-corrected chi connectivity index (χ2v) is 7.89. The van der Waals surface area contributed by atoms with E-state index in [-0.39, 0.29) is 5.69 Å². The molecule has 6 nitrogen and oxygen atoms in total. The lowest BCUT2D eigenvalue weighted by Gasteiger charge is -2.19. The average molecular weight is 303 g/mol. The maximum absolute atomic E-state index is 11.5. The van der Waals surface area contributed by atoms with E-state index >= 15 is 0 Å². The number of nitrogens with zero attached hydrogens (tertiary/aromatic N) is 1. The highest BCUT2D eigenvalue weighted by Gasteiger charge is 2.26. The van der Waals surface area contributed by atoms with Gasteiger partial charge in [-0.1, -0.05) is 12.1 Å². The van der Waals surface area contributed by atoms with Gasteiger partial charge in [0.25, 0.3) is 0 Å². The molecule has 19 heavy (non-hydrogen) atoms. The topological polar surface area (TPSA) is 88.6 Å². The fraction of sp³-hybridized carbons (Fsp3) is 0.273. The molecule has 1 aromatic rings. The second kappa shape index (κ2) is 5.16. The standard InChI is InChI=1S/C11H13NO5S2/c1-9(8-13)10-4-6-11(7-5-10)12(18(2,14)15)19(3,16)17/h4-7H,1-3H3. The number of rotatable bonds is 4. The first kappa shape index (κ1) is 15.4. The first-order valence-corrected chi connectivity index (χ1v) is 8.79. The van der Waals surface area contributed by atoms with E-state index in [1.165, 1.54) is 24.3 Å². The largest absolute Gasteiger partial charge is 0.245 e. The predicted octanol–water partition coefficient (Wildman–Crippen LogP) is 0.647. The third-order valence-corrected chi connectivity index (χ3v) is 5.52. The number of anilines is 1. The minimum absolute atomic E-state index is 0.00699.